The lowest BCUT2D eigenvalue weighted by atomic mass is 10.2. The van der Waals surface area contributed by atoms with E-state index in [-0.39, 0.29) is 11.1 Å². The van der Waals surface area contributed by atoms with Crippen molar-refractivity contribution < 1.29 is 4.79 Å². The van der Waals surface area contributed by atoms with E-state index in [1.165, 1.54) is 10.6 Å². The van der Waals surface area contributed by atoms with Gasteiger partial charge in [0.05, 0.1) is 11.0 Å². The summed E-state index contributed by atoms with van der Waals surface area (Å²) in [6.07, 6.45) is 2.91. The summed E-state index contributed by atoms with van der Waals surface area (Å²) >= 11 is 0. The number of rotatable bonds is 3. The zero-order valence-electron chi connectivity index (χ0n) is 14.4. The number of imidazole rings is 1. The van der Waals surface area contributed by atoms with Gasteiger partial charge in [-0.2, -0.15) is 0 Å². The van der Waals surface area contributed by atoms with Crippen molar-refractivity contribution in [3.8, 4) is 0 Å². The van der Waals surface area contributed by atoms with Gasteiger partial charge in [0.25, 0.3) is 11.5 Å². The molecule has 7 nitrogen and oxygen atoms in total. The largest absolute Gasteiger partial charge is 0.348 e. The van der Waals surface area contributed by atoms with Crippen molar-refractivity contribution in [1.82, 2.24) is 24.3 Å². The second kappa shape index (κ2) is 6.11. The Labute approximate surface area is 148 Å². The van der Waals surface area contributed by atoms with E-state index in [1.807, 2.05) is 36.7 Å². The van der Waals surface area contributed by atoms with Crippen LogP contribution in [0.4, 0.5) is 0 Å². The number of carbonyl (C=O) groups is 1. The number of hydrogen-bond acceptors (Lipinski definition) is 4. The first kappa shape index (κ1) is 16.0. The molecule has 0 saturated heterocycles. The monoisotopic (exact) mass is 347 g/mol. The third-order valence-electron chi connectivity index (χ3n) is 4.48. The Kier molecular flexibility index (Phi) is 3.76. The van der Waals surface area contributed by atoms with Crippen LogP contribution in [0.25, 0.3) is 16.7 Å². The average Bonchev–Trinajstić information content (AvgIpc) is 2.94. The molecular formula is C19H17N5O2. The highest BCUT2D eigenvalue weighted by molar-refractivity contribution is 5.93. The van der Waals surface area contributed by atoms with E-state index in [9.17, 15) is 9.59 Å². The topological polar surface area (TPSA) is 81.3 Å². The Morgan fingerprint density at radius 3 is 2.92 bits per heavy atom. The van der Waals surface area contributed by atoms with Crippen molar-refractivity contribution in [1.29, 1.82) is 0 Å². The molecule has 4 rings (SSSR count). The third-order valence-corrected chi connectivity index (χ3v) is 4.48. The SMILES string of the molecule is Cc1nc2cc(CNC(=O)c3cnc4ccccn4c3=O)ccc2n1C. The van der Waals surface area contributed by atoms with Gasteiger partial charge in [0.15, 0.2) is 0 Å². The molecule has 0 fully saturated rings. The molecular weight excluding hydrogens is 330 g/mol. The normalized spacial score (nSPS) is 11.2. The molecule has 130 valence electrons. The van der Waals surface area contributed by atoms with Crippen LogP contribution in [0.2, 0.25) is 0 Å². The van der Waals surface area contributed by atoms with Crippen LogP contribution in [-0.2, 0) is 13.6 Å². The molecule has 0 spiro atoms. The van der Waals surface area contributed by atoms with E-state index in [0.717, 1.165) is 22.4 Å². The van der Waals surface area contributed by atoms with Crippen molar-refractivity contribution >= 4 is 22.6 Å². The van der Waals surface area contributed by atoms with Crippen LogP contribution in [0.1, 0.15) is 21.7 Å². The predicted molar refractivity (Wildman–Crippen MR) is 98.1 cm³/mol. The summed E-state index contributed by atoms with van der Waals surface area (Å²) in [6.45, 7) is 2.25. The minimum Gasteiger partial charge on any atom is -0.348 e. The third kappa shape index (κ3) is 2.63. The Hall–Kier alpha value is -3.48. The Morgan fingerprint density at radius 2 is 2.08 bits per heavy atom. The van der Waals surface area contributed by atoms with Crippen molar-refractivity contribution in [2.24, 2.45) is 7.05 Å². The number of nitrogens with one attached hydrogen (secondary N) is 1. The molecule has 0 radical (unpaired) electrons. The molecule has 0 saturated carbocycles. The average molecular weight is 347 g/mol. The zero-order chi connectivity index (χ0) is 18.3. The number of benzene rings is 1. The molecule has 0 aliphatic heterocycles. The maximum atomic E-state index is 12.4. The Morgan fingerprint density at radius 1 is 1.23 bits per heavy atom. The minimum absolute atomic E-state index is 0.0171. The first-order chi connectivity index (χ1) is 12.5. The first-order valence-electron chi connectivity index (χ1n) is 8.21. The number of fused-ring (bicyclic) bond motifs is 2. The lowest BCUT2D eigenvalue weighted by Crippen LogP contribution is -2.31. The number of nitrogens with zero attached hydrogens (tertiary/aromatic N) is 4. The van der Waals surface area contributed by atoms with Gasteiger partial charge in [-0.1, -0.05) is 12.1 Å². The van der Waals surface area contributed by atoms with E-state index in [0.29, 0.717) is 12.2 Å². The van der Waals surface area contributed by atoms with Gasteiger partial charge in [0, 0.05) is 26.0 Å². The summed E-state index contributed by atoms with van der Waals surface area (Å²) in [6, 6.07) is 11.1. The fraction of sp³-hybridized carbons (Fsp3) is 0.158. The van der Waals surface area contributed by atoms with Gasteiger partial charge in [-0.05, 0) is 36.8 Å². The van der Waals surface area contributed by atoms with E-state index < -0.39 is 5.91 Å². The fourth-order valence-corrected chi connectivity index (χ4v) is 2.94. The molecule has 1 N–H and O–H groups in total. The molecule has 3 aromatic heterocycles. The van der Waals surface area contributed by atoms with Gasteiger partial charge in [-0.25, -0.2) is 9.97 Å². The number of hydrogen-bond donors (Lipinski definition) is 1. The van der Waals surface area contributed by atoms with Gasteiger partial charge in [-0.3, -0.25) is 14.0 Å². The fourth-order valence-electron chi connectivity index (χ4n) is 2.94. The molecule has 7 heteroatoms. The smallest absolute Gasteiger partial charge is 0.270 e. The summed E-state index contributed by atoms with van der Waals surface area (Å²) in [4.78, 5) is 33.5. The second-order valence-electron chi connectivity index (χ2n) is 6.13. The van der Waals surface area contributed by atoms with Gasteiger partial charge < -0.3 is 9.88 Å². The molecule has 0 atom stereocenters. The summed E-state index contributed by atoms with van der Waals surface area (Å²) in [5.74, 6) is 0.481. The maximum absolute atomic E-state index is 12.4. The van der Waals surface area contributed by atoms with Crippen molar-refractivity contribution in [3.63, 3.8) is 0 Å². The number of carbonyl (C=O) groups excluding carboxylic acids is 1. The molecule has 0 bridgehead atoms. The minimum atomic E-state index is -0.446. The van der Waals surface area contributed by atoms with Crippen molar-refractivity contribution in [2.75, 3.05) is 0 Å². The van der Waals surface area contributed by atoms with Crippen LogP contribution >= 0.6 is 0 Å². The molecule has 0 aliphatic carbocycles. The standard InChI is InChI=1S/C19H17N5O2/c1-12-22-15-9-13(6-7-16(15)23(12)2)10-21-18(25)14-11-20-17-5-3-4-8-24(17)19(14)26/h3-9,11H,10H2,1-2H3,(H,21,25). The quantitative estimate of drug-likeness (QED) is 0.613. The maximum Gasteiger partial charge on any atom is 0.270 e. The van der Waals surface area contributed by atoms with E-state index >= 15 is 0 Å². The Bertz CT molecular complexity index is 1210. The summed E-state index contributed by atoms with van der Waals surface area (Å²) in [5, 5.41) is 2.78. The van der Waals surface area contributed by atoms with E-state index in [2.05, 4.69) is 15.3 Å². The lowest BCUT2D eigenvalue weighted by Gasteiger charge is -2.06. The molecule has 26 heavy (non-hydrogen) atoms. The Balaban J connectivity index is 1.57. The van der Waals surface area contributed by atoms with Crippen molar-refractivity contribution in [3.05, 3.63) is 76.1 Å². The van der Waals surface area contributed by atoms with Crippen LogP contribution in [0, 0.1) is 6.92 Å². The highest BCUT2D eigenvalue weighted by Crippen LogP contribution is 2.16. The molecule has 1 aromatic carbocycles. The molecule has 3 heterocycles. The van der Waals surface area contributed by atoms with Crippen molar-refractivity contribution in [2.45, 2.75) is 13.5 Å². The van der Waals surface area contributed by atoms with Gasteiger partial charge in [0.2, 0.25) is 0 Å². The first-order valence-corrected chi connectivity index (χ1v) is 8.21. The zero-order valence-corrected chi connectivity index (χ0v) is 14.4. The van der Waals surface area contributed by atoms with E-state index in [1.54, 1.807) is 24.4 Å². The number of aryl methyl sites for hydroxylation is 2. The van der Waals surface area contributed by atoms with Gasteiger partial charge in [0.1, 0.15) is 17.0 Å². The summed E-state index contributed by atoms with van der Waals surface area (Å²) in [7, 11) is 1.96. The second-order valence-corrected chi connectivity index (χ2v) is 6.13. The highest BCUT2D eigenvalue weighted by Gasteiger charge is 2.13. The van der Waals surface area contributed by atoms with Crippen LogP contribution in [-0.4, -0.2) is 24.8 Å². The van der Waals surface area contributed by atoms with Crippen LogP contribution in [0.5, 0.6) is 0 Å². The van der Waals surface area contributed by atoms with Crippen LogP contribution in [0.15, 0.2) is 53.6 Å². The lowest BCUT2D eigenvalue weighted by molar-refractivity contribution is 0.0949. The van der Waals surface area contributed by atoms with Gasteiger partial charge >= 0.3 is 0 Å². The number of amides is 1. The number of aromatic nitrogens is 4. The molecule has 4 aromatic rings. The van der Waals surface area contributed by atoms with Crippen LogP contribution < -0.4 is 10.9 Å². The predicted octanol–water partition coefficient (Wildman–Crippen LogP) is 1.82. The van der Waals surface area contributed by atoms with Crippen LogP contribution in [0.3, 0.4) is 0 Å². The molecule has 0 unspecified atom stereocenters. The van der Waals surface area contributed by atoms with Gasteiger partial charge in [-0.15, -0.1) is 0 Å². The summed E-state index contributed by atoms with van der Waals surface area (Å²) in [5.41, 5.74) is 2.97. The highest BCUT2D eigenvalue weighted by atomic mass is 16.2. The summed E-state index contributed by atoms with van der Waals surface area (Å²) < 4.78 is 3.37. The molecule has 1 amide bonds. The van der Waals surface area contributed by atoms with E-state index in [4.69, 9.17) is 0 Å². The number of pyridine rings is 1. The molecule has 0 aliphatic rings.